The van der Waals surface area contributed by atoms with Crippen molar-refractivity contribution in [2.45, 2.75) is 26.3 Å². The highest BCUT2D eigenvalue weighted by atomic mass is 127. The second kappa shape index (κ2) is 10.2. The van der Waals surface area contributed by atoms with Crippen LogP contribution in [0.1, 0.15) is 25.3 Å². The molecule has 0 amide bonds. The molecular weight excluding hydrogens is 473 g/mol. The predicted octanol–water partition coefficient (Wildman–Crippen LogP) is 3.65. The van der Waals surface area contributed by atoms with Gasteiger partial charge in [-0.2, -0.15) is 0 Å². The number of hydrogen-bond acceptors (Lipinski definition) is 3. The summed E-state index contributed by atoms with van der Waals surface area (Å²) in [6.45, 7) is 5.75. The van der Waals surface area contributed by atoms with Crippen LogP contribution in [0, 0.1) is 0 Å². The molecule has 1 aliphatic rings. The molecule has 1 aromatic carbocycles. The second-order valence-corrected chi connectivity index (χ2v) is 6.03. The zero-order valence-electron chi connectivity index (χ0n) is 13.9. The summed E-state index contributed by atoms with van der Waals surface area (Å²) in [7, 11) is 3.28. The summed E-state index contributed by atoms with van der Waals surface area (Å²) in [6, 6.07) is 4.00. The number of likely N-dealkylation sites (tertiary alicyclic amines) is 1. The molecule has 0 bridgehead atoms. The van der Waals surface area contributed by atoms with Crippen LogP contribution < -0.4 is 14.8 Å². The van der Waals surface area contributed by atoms with E-state index in [1.54, 1.807) is 14.2 Å². The number of nitrogens with one attached hydrogen (secondary N) is 1. The molecule has 0 spiro atoms. The third-order valence-corrected chi connectivity index (χ3v) is 4.23. The van der Waals surface area contributed by atoms with Crippen molar-refractivity contribution in [2.75, 3.05) is 33.9 Å². The summed E-state index contributed by atoms with van der Waals surface area (Å²) in [5, 5.41) is 3.37. The van der Waals surface area contributed by atoms with Gasteiger partial charge in [0, 0.05) is 19.6 Å². The first-order valence-corrected chi connectivity index (χ1v) is 8.42. The number of ether oxygens (including phenoxy) is 2. The molecule has 1 aromatic rings. The Bertz CT molecular complexity index is 534. The number of nitrogens with zero attached hydrogens (tertiary/aromatic N) is 2. The molecule has 0 saturated carbocycles. The Morgan fingerprint density at radius 2 is 1.96 bits per heavy atom. The van der Waals surface area contributed by atoms with Gasteiger partial charge in [-0.3, -0.25) is 0 Å². The number of rotatable bonds is 5. The molecule has 1 fully saturated rings. The van der Waals surface area contributed by atoms with Crippen LogP contribution in [0.2, 0.25) is 0 Å². The van der Waals surface area contributed by atoms with E-state index in [0.29, 0.717) is 18.0 Å². The summed E-state index contributed by atoms with van der Waals surface area (Å²) in [5.74, 6) is 2.42. The number of hydrogen-bond donors (Lipinski definition) is 1. The molecule has 130 valence electrons. The van der Waals surface area contributed by atoms with Gasteiger partial charge >= 0.3 is 0 Å². The molecular formula is C16H25BrIN3O2. The third kappa shape index (κ3) is 5.41. The van der Waals surface area contributed by atoms with Gasteiger partial charge in [0.15, 0.2) is 17.5 Å². The van der Waals surface area contributed by atoms with Crippen LogP contribution in [0.25, 0.3) is 0 Å². The normalized spacial score (nSPS) is 14.4. The smallest absolute Gasteiger partial charge is 0.194 e. The third-order valence-electron chi connectivity index (χ3n) is 3.65. The molecule has 0 radical (unpaired) electrons. The number of benzene rings is 1. The van der Waals surface area contributed by atoms with Crippen LogP contribution in [-0.4, -0.2) is 44.7 Å². The standard InChI is InChI=1S/C16H24BrN3O2.HI/c1-4-18-16(20-7-5-6-8-20)19-11-12-9-13(17)15(22-3)14(10-12)21-2;/h9-10H,4-8,11H2,1-3H3,(H,18,19);1H. The number of aliphatic imine (C=N–C) groups is 1. The van der Waals surface area contributed by atoms with E-state index in [-0.39, 0.29) is 24.0 Å². The lowest BCUT2D eigenvalue weighted by atomic mass is 10.2. The molecule has 1 saturated heterocycles. The van der Waals surface area contributed by atoms with E-state index in [1.165, 1.54) is 12.8 Å². The van der Waals surface area contributed by atoms with Crippen molar-refractivity contribution in [1.29, 1.82) is 0 Å². The molecule has 0 unspecified atom stereocenters. The number of halogens is 2. The predicted molar refractivity (Wildman–Crippen MR) is 108 cm³/mol. The maximum atomic E-state index is 5.38. The molecule has 0 aromatic heterocycles. The summed E-state index contributed by atoms with van der Waals surface area (Å²) in [5.41, 5.74) is 1.08. The van der Waals surface area contributed by atoms with Crippen LogP contribution in [0.5, 0.6) is 11.5 Å². The van der Waals surface area contributed by atoms with Crippen LogP contribution in [0.4, 0.5) is 0 Å². The van der Waals surface area contributed by atoms with Crippen LogP contribution >= 0.6 is 39.9 Å². The first-order valence-electron chi connectivity index (χ1n) is 7.63. The SMILES string of the molecule is CCNC(=NCc1cc(Br)c(OC)c(OC)c1)N1CCCC1.I. The highest BCUT2D eigenvalue weighted by Crippen LogP contribution is 2.36. The van der Waals surface area contributed by atoms with Crippen molar-refractivity contribution in [3.8, 4) is 11.5 Å². The summed E-state index contributed by atoms with van der Waals surface area (Å²) >= 11 is 3.52. The first-order chi connectivity index (χ1) is 10.7. The molecule has 23 heavy (non-hydrogen) atoms. The Hall–Kier alpha value is -0.700. The van der Waals surface area contributed by atoms with E-state index in [4.69, 9.17) is 14.5 Å². The van der Waals surface area contributed by atoms with Gasteiger partial charge in [0.2, 0.25) is 0 Å². The van der Waals surface area contributed by atoms with E-state index in [1.807, 2.05) is 12.1 Å². The fraction of sp³-hybridized carbons (Fsp3) is 0.562. The topological polar surface area (TPSA) is 46.1 Å². The van der Waals surface area contributed by atoms with Gasteiger partial charge in [0.1, 0.15) is 0 Å². The first kappa shape index (κ1) is 20.3. The van der Waals surface area contributed by atoms with Gasteiger partial charge < -0.3 is 19.7 Å². The van der Waals surface area contributed by atoms with Crippen LogP contribution in [0.3, 0.4) is 0 Å². The lowest BCUT2D eigenvalue weighted by Gasteiger charge is -2.20. The van der Waals surface area contributed by atoms with E-state index >= 15 is 0 Å². The molecule has 7 heteroatoms. The highest BCUT2D eigenvalue weighted by molar-refractivity contribution is 14.0. The van der Waals surface area contributed by atoms with E-state index in [0.717, 1.165) is 35.6 Å². The van der Waals surface area contributed by atoms with Gasteiger partial charge in [0.05, 0.1) is 25.2 Å². The summed E-state index contributed by atoms with van der Waals surface area (Å²) < 4.78 is 11.6. The van der Waals surface area contributed by atoms with Gasteiger partial charge in [-0.25, -0.2) is 4.99 Å². The Labute approximate surface area is 164 Å². The fourth-order valence-corrected chi connectivity index (χ4v) is 3.23. The monoisotopic (exact) mass is 497 g/mol. The zero-order chi connectivity index (χ0) is 15.9. The van der Waals surface area contributed by atoms with Gasteiger partial charge in [-0.1, -0.05) is 0 Å². The molecule has 0 aliphatic carbocycles. The Morgan fingerprint density at radius 1 is 1.26 bits per heavy atom. The Kier molecular flexibility index (Phi) is 9.04. The van der Waals surface area contributed by atoms with Gasteiger partial charge in [0.25, 0.3) is 0 Å². The van der Waals surface area contributed by atoms with Crippen molar-refractivity contribution in [3.05, 3.63) is 22.2 Å². The van der Waals surface area contributed by atoms with E-state index in [2.05, 4.69) is 33.1 Å². The Morgan fingerprint density at radius 3 is 2.52 bits per heavy atom. The average molecular weight is 498 g/mol. The largest absolute Gasteiger partial charge is 0.493 e. The summed E-state index contributed by atoms with van der Waals surface area (Å²) in [4.78, 5) is 7.07. The Balaban J connectivity index is 0.00000264. The van der Waals surface area contributed by atoms with Gasteiger partial charge in [-0.15, -0.1) is 24.0 Å². The molecule has 5 nitrogen and oxygen atoms in total. The highest BCUT2D eigenvalue weighted by Gasteiger charge is 2.16. The van der Waals surface area contributed by atoms with E-state index < -0.39 is 0 Å². The number of methoxy groups -OCH3 is 2. The maximum absolute atomic E-state index is 5.38. The van der Waals surface area contributed by atoms with Crippen molar-refractivity contribution in [1.82, 2.24) is 10.2 Å². The molecule has 1 heterocycles. The minimum Gasteiger partial charge on any atom is -0.493 e. The second-order valence-electron chi connectivity index (χ2n) is 5.18. The molecule has 1 aliphatic heterocycles. The molecule has 1 N–H and O–H groups in total. The molecule has 0 atom stereocenters. The van der Waals surface area contributed by atoms with Crippen molar-refractivity contribution in [3.63, 3.8) is 0 Å². The minimum absolute atomic E-state index is 0. The molecule has 2 rings (SSSR count). The quantitative estimate of drug-likeness (QED) is 0.383. The summed E-state index contributed by atoms with van der Waals surface area (Å²) in [6.07, 6.45) is 2.48. The minimum atomic E-state index is 0. The fourth-order valence-electron chi connectivity index (χ4n) is 2.58. The van der Waals surface area contributed by atoms with Crippen molar-refractivity contribution < 1.29 is 9.47 Å². The average Bonchev–Trinajstić information content (AvgIpc) is 3.05. The zero-order valence-corrected chi connectivity index (χ0v) is 17.8. The van der Waals surface area contributed by atoms with E-state index in [9.17, 15) is 0 Å². The maximum Gasteiger partial charge on any atom is 0.194 e. The lowest BCUT2D eigenvalue weighted by Crippen LogP contribution is -2.39. The number of guanidine groups is 1. The lowest BCUT2D eigenvalue weighted by molar-refractivity contribution is 0.352. The van der Waals surface area contributed by atoms with Crippen molar-refractivity contribution >= 4 is 45.9 Å². The van der Waals surface area contributed by atoms with Gasteiger partial charge in [-0.05, 0) is 53.4 Å². The van der Waals surface area contributed by atoms with Crippen LogP contribution in [0.15, 0.2) is 21.6 Å². The van der Waals surface area contributed by atoms with Crippen molar-refractivity contribution in [2.24, 2.45) is 4.99 Å². The van der Waals surface area contributed by atoms with Crippen LogP contribution in [-0.2, 0) is 6.54 Å².